The molecule has 1 aliphatic rings. The highest BCUT2D eigenvalue weighted by Crippen LogP contribution is 2.35. The van der Waals surface area contributed by atoms with Gasteiger partial charge in [-0.15, -0.1) is 0 Å². The van der Waals surface area contributed by atoms with E-state index in [0.29, 0.717) is 18.7 Å². The van der Waals surface area contributed by atoms with Crippen LogP contribution in [0.5, 0.6) is 0 Å². The van der Waals surface area contributed by atoms with Crippen LogP contribution in [0, 0.1) is 5.92 Å². The van der Waals surface area contributed by atoms with Gasteiger partial charge in [-0.1, -0.05) is 32.4 Å². The first-order valence-electron chi connectivity index (χ1n) is 8.06. The lowest BCUT2D eigenvalue weighted by Gasteiger charge is -2.40. The van der Waals surface area contributed by atoms with Crippen LogP contribution in [0.3, 0.4) is 0 Å². The van der Waals surface area contributed by atoms with E-state index in [9.17, 15) is 9.59 Å². The zero-order valence-electron chi connectivity index (χ0n) is 14.0. The maximum absolute atomic E-state index is 12.9. The Balaban J connectivity index is 2.40. The van der Waals surface area contributed by atoms with Crippen LogP contribution in [0.4, 0.5) is 16.2 Å². The summed E-state index contributed by atoms with van der Waals surface area (Å²) >= 11 is 0. The second-order valence-corrected chi connectivity index (χ2v) is 5.99. The smallest absolute Gasteiger partial charge is 0.325 e. The molecular weight excluding hydrogens is 294 g/mol. The number of hydrogen-bond donors (Lipinski definition) is 2. The van der Waals surface area contributed by atoms with Gasteiger partial charge in [0.1, 0.15) is 6.04 Å². The van der Waals surface area contributed by atoms with E-state index in [1.165, 1.54) is 0 Å². The van der Waals surface area contributed by atoms with Gasteiger partial charge in [0.25, 0.3) is 0 Å². The Morgan fingerprint density at radius 1 is 1.43 bits per heavy atom. The zero-order valence-corrected chi connectivity index (χ0v) is 14.0. The van der Waals surface area contributed by atoms with Crippen LogP contribution in [0.25, 0.3) is 0 Å². The van der Waals surface area contributed by atoms with E-state index in [1.807, 2.05) is 32.0 Å². The van der Waals surface area contributed by atoms with E-state index < -0.39 is 6.04 Å². The number of aliphatic hydroxyl groups excluding tert-OH is 1. The lowest BCUT2D eigenvalue weighted by atomic mass is 9.94. The molecule has 1 aromatic rings. The van der Waals surface area contributed by atoms with Gasteiger partial charge in [0, 0.05) is 20.2 Å². The van der Waals surface area contributed by atoms with Crippen molar-refractivity contribution in [3.05, 3.63) is 24.3 Å². The molecule has 2 atom stereocenters. The average molecular weight is 319 g/mol. The normalized spacial score (nSPS) is 18.2. The summed E-state index contributed by atoms with van der Waals surface area (Å²) in [6, 6.07) is 6.60. The third-order valence-corrected chi connectivity index (χ3v) is 4.34. The number of carbonyl (C=O) groups is 2. The highest BCUT2D eigenvalue weighted by atomic mass is 16.3. The van der Waals surface area contributed by atoms with Crippen molar-refractivity contribution in [3.8, 4) is 0 Å². The topological polar surface area (TPSA) is 72.9 Å². The number of anilines is 2. The van der Waals surface area contributed by atoms with Crippen LogP contribution in [0.1, 0.15) is 26.7 Å². The largest absolute Gasteiger partial charge is 0.396 e. The fourth-order valence-electron chi connectivity index (χ4n) is 2.81. The van der Waals surface area contributed by atoms with Gasteiger partial charge in [-0.25, -0.2) is 4.79 Å². The number of fused-ring (bicyclic) bond motifs is 1. The minimum Gasteiger partial charge on any atom is -0.396 e. The number of nitrogens with zero attached hydrogens (tertiary/aromatic N) is 2. The maximum atomic E-state index is 12.9. The number of para-hydroxylation sites is 2. The Hall–Kier alpha value is -2.08. The van der Waals surface area contributed by atoms with Crippen molar-refractivity contribution in [2.45, 2.75) is 32.7 Å². The van der Waals surface area contributed by atoms with Gasteiger partial charge in [-0.05, 0) is 24.5 Å². The van der Waals surface area contributed by atoms with Crippen molar-refractivity contribution in [2.75, 3.05) is 30.4 Å². The van der Waals surface area contributed by atoms with Crippen molar-refractivity contribution >= 4 is 23.3 Å². The number of amides is 3. The highest BCUT2D eigenvalue weighted by molar-refractivity contribution is 6.11. The Bertz CT molecular complexity index is 576. The Morgan fingerprint density at radius 2 is 2.13 bits per heavy atom. The second kappa shape index (κ2) is 7.46. The molecule has 2 N–H and O–H groups in total. The van der Waals surface area contributed by atoms with Gasteiger partial charge in [0.2, 0.25) is 5.91 Å². The number of rotatable bonds is 5. The first kappa shape index (κ1) is 17.3. The minimum absolute atomic E-state index is 0.0312. The third-order valence-electron chi connectivity index (χ3n) is 4.34. The van der Waals surface area contributed by atoms with Crippen LogP contribution >= 0.6 is 0 Å². The number of carbonyl (C=O) groups excluding carboxylic acids is 2. The molecule has 1 heterocycles. The predicted octanol–water partition coefficient (Wildman–Crippen LogP) is 2.29. The Kier molecular flexibility index (Phi) is 5.60. The molecule has 6 heteroatoms. The summed E-state index contributed by atoms with van der Waals surface area (Å²) in [5.41, 5.74) is 1.37. The van der Waals surface area contributed by atoms with E-state index in [4.69, 9.17) is 5.11 Å². The monoisotopic (exact) mass is 319 g/mol. The van der Waals surface area contributed by atoms with Crippen molar-refractivity contribution in [1.29, 1.82) is 0 Å². The third kappa shape index (κ3) is 3.47. The van der Waals surface area contributed by atoms with Gasteiger partial charge >= 0.3 is 6.03 Å². The zero-order chi connectivity index (χ0) is 17.0. The summed E-state index contributed by atoms with van der Waals surface area (Å²) in [5.74, 6) is -0.111. The van der Waals surface area contributed by atoms with Gasteiger partial charge in [0.15, 0.2) is 0 Å². The number of benzene rings is 1. The molecule has 0 aromatic heterocycles. The second-order valence-electron chi connectivity index (χ2n) is 5.99. The highest BCUT2D eigenvalue weighted by Gasteiger charge is 2.40. The molecule has 0 fully saturated rings. The molecule has 0 saturated carbocycles. The molecule has 0 saturated heterocycles. The summed E-state index contributed by atoms with van der Waals surface area (Å²) in [4.78, 5) is 28.6. The molecule has 2 unspecified atom stereocenters. The lowest BCUT2D eigenvalue weighted by Crippen LogP contribution is -2.57. The molecule has 0 radical (unpaired) electrons. The first-order valence-corrected chi connectivity index (χ1v) is 8.06. The number of hydrogen-bond acceptors (Lipinski definition) is 3. The van der Waals surface area contributed by atoms with Crippen LogP contribution in [0.2, 0.25) is 0 Å². The number of aliphatic hydroxyl groups is 1. The van der Waals surface area contributed by atoms with Gasteiger partial charge < -0.3 is 15.3 Å². The Labute approximate surface area is 137 Å². The first-order chi connectivity index (χ1) is 11.0. The molecule has 126 valence electrons. The standard InChI is InChI=1S/C17H25N3O3/c1-4-12(2)15-16(22)18-13-8-5-6-9-14(13)20(15)17(23)19(3)10-7-11-21/h5-6,8-9,12,15,21H,4,7,10-11H2,1-3H3,(H,18,22). The van der Waals surface area contributed by atoms with Crippen LogP contribution in [-0.4, -0.2) is 48.2 Å². The van der Waals surface area contributed by atoms with E-state index >= 15 is 0 Å². The van der Waals surface area contributed by atoms with Crippen molar-refractivity contribution in [2.24, 2.45) is 5.92 Å². The Morgan fingerprint density at radius 3 is 2.78 bits per heavy atom. The van der Waals surface area contributed by atoms with Gasteiger partial charge in [0.05, 0.1) is 11.4 Å². The fraction of sp³-hybridized carbons (Fsp3) is 0.529. The summed E-state index contributed by atoms with van der Waals surface area (Å²) in [5, 5.41) is 11.9. The van der Waals surface area contributed by atoms with Gasteiger partial charge in [-0.3, -0.25) is 9.69 Å². The molecule has 2 rings (SSSR count). The lowest BCUT2D eigenvalue weighted by molar-refractivity contribution is -0.118. The summed E-state index contributed by atoms with van der Waals surface area (Å²) in [7, 11) is 1.70. The number of nitrogens with one attached hydrogen (secondary N) is 1. The quantitative estimate of drug-likeness (QED) is 0.874. The van der Waals surface area contributed by atoms with Gasteiger partial charge in [-0.2, -0.15) is 0 Å². The summed E-state index contributed by atoms with van der Waals surface area (Å²) in [6.45, 7) is 4.47. The van der Waals surface area contributed by atoms with Crippen LogP contribution in [0.15, 0.2) is 24.3 Å². The van der Waals surface area contributed by atoms with Crippen LogP contribution in [-0.2, 0) is 4.79 Å². The van der Waals surface area contributed by atoms with Crippen LogP contribution < -0.4 is 10.2 Å². The predicted molar refractivity (Wildman–Crippen MR) is 90.5 cm³/mol. The number of urea groups is 1. The average Bonchev–Trinajstić information content (AvgIpc) is 2.57. The van der Waals surface area contributed by atoms with Crippen molar-refractivity contribution in [1.82, 2.24) is 4.90 Å². The van der Waals surface area contributed by atoms with E-state index in [-0.39, 0.29) is 24.5 Å². The molecule has 23 heavy (non-hydrogen) atoms. The molecule has 3 amide bonds. The SMILES string of the molecule is CCC(C)C1C(=O)Nc2ccccc2N1C(=O)N(C)CCCO. The van der Waals surface area contributed by atoms with E-state index in [2.05, 4.69) is 5.32 Å². The van der Waals surface area contributed by atoms with Crippen molar-refractivity contribution in [3.63, 3.8) is 0 Å². The van der Waals surface area contributed by atoms with E-state index in [1.54, 1.807) is 22.9 Å². The van der Waals surface area contributed by atoms with E-state index in [0.717, 1.165) is 12.1 Å². The molecule has 0 aliphatic carbocycles. The fourth-order valence-corrected chi connectivity index (χ4v) is 2.81. The molecule has 6 nitrogen and oxygen atoms in total. The molecule has 1 aliphatic heterocycles. The van der Waals surface area contributed by atoms with Crippen molar-refractivity contribution < 1.29 is 14.7 Å². The molecular formula is C17H25N3O3. The summed E-state index contributed by atoms with van der Waals surface area (Å²) < 4.78 is 0. The maximum Gasteiger partial charge on any atom is 0.325 e. The minimum atomic E-state index is -0.529. The molecule has 1 aromatic carbocycles. The summed E-state index contributed by atoms with van der Waals surface area (Å²) in [6.07, 6.45) is 1.31. The molecule has 0 spiro atoms. The molecule has 0 bridgehead atoms.